The van der Waals surface area contributed by atoms with Crippen molar-refractivity contribution in [1.29, 1.82) is 0 Å². The zero-order chi connectivity index (χ0) is 14.6. The van der Waals surface area contributed by atoms with E-state index in [0.717, 1.165) is 11.0 Å². The van der Waals surface area contributed by atoms with Gasteiger partial charge in [-0.15, -0.1) is 0 Å². The highest BCUT2D eigenvalue weighted by Crippen LogP contribution is 2.26. The van der Waals surface area contributed by atoms with E-state index < -0.39 is 0 Å². The van der Waals surface area contributed by atoms with Crippen LogP contribution in [0.4, 0.5) is 0 Å². The molecule has 0 spiro atoms. The molecule has 0 aliphatic rings. The molecule has 0 saturated heterocycles. The monoisotopic (exact) mass is 339 g/mol. The van der Waals surface area contributed by atoms with Crippen molar-refractivity contribution in [1.82, 2.24) is 24.9 Å². The van der Waals surface area contributed by atoms with Crippen molar-refractivity contribution in [3.05, 3.63) is 40.1 Å². The molecule has 3 aromatic heterocycles. The van der Waals surface area contributed by atoms with E-state index in [1.807, 2.05) is 4.57 Å². The standard InChI is InChI=1S/C12H5Cl3N6/c13-5-1-7-8(2-6(5)14)21(4-18-7)11-9-10(17-3-16-9)19-12(15)20-11/h1-4H,(H,16,17,19,20)/p+1. The summed E-state index contributed by atoms with van der Waals surface area (Å²) in [5.74, 6) is 0.576. The van der Waals surface area contributed by atoms with Gasteiger partial charge in [-0.2, -0.15) is 9.55 Å². The largest absolute Gasteiger partial charge is 0.338 e. The zero-order valence-electron chi connectivity index (χ0n) is 10.2. The fourth-order valence-corrected chi connectivity index (χ4v) is 2.68. The van der Waals surface area contributed by atoms with Gasteiger partial charge in [-0.25, -0.2) is 4.98 Å². The van der Waals surface area contributed by atoms with Crippen LogP contribution in [0.2, 0.25) is 15.3 Å². The molecule has 4 rings (SSSR count). The van der Waals surface area contributed by atoms with Crippen LogP contribution in [-0.2, 0) is 0 Å². The van der Waals surface area contributed by atoms with Gasteiger partial charge >= 0.3 is 5.28 Å². The maximum Gasteiger partial charge on any atom is 0.301 e. The molecule has 0 radical (unpaired) electrons. The summed E-state index contributed by atoms with van der Waals surface area (Å²) in [6.45, 7) is 0. The second kappa shape index (κ2) is 4.56. The zero-order valence-corrected chi connectivity index (χ0v) is 12.5. The first-order valence-corrected chi connectivity index (χ1v) is 7.01. The quantitative estimate of drug-likeness (QED) is 0.413. The topological polar surface area (TPSA) is 74.1 Å². The van der Waals surface area contributed by atoms with Crippen molar-refractivity contribution < 1.29 is 4.57 Å². The Labute approximate surface area is 132 Å². The normalized spacial score (nSPS) is 11.6. The van der Waals surface area contributed by atoms with E-state index in [1.165, 1.54) is 0 Å². The number of nitrogens with zero attached hydrogens (tertiary/aromatic N) is 4. The average molecular weight is 341 g/mol. The predicted octanol–water partition coefficient (Wildman–Crippen LogP) is 3.07. The lowest BCUT2D eigenvalue weighted by Gasteiger charge is -1.99. The molecule has 0 unspecified atom stereocenters. The summed E-state index contributed by atoms with van der Waals surface area (Å²) in [7, 11) is 0. The molecular formula is C12H6Cl3N6+. The predicted molar refractivity (Wildman–Crippen MR) is 80.1 cm³/mol. The molecule has 6 nitrogen and oxygen atoms in total. The number of aromatic nitrogens is 6. The lowest BCUT2D eigenvalue weighted by atomic mass is 10.3. The summed E-state index contributed by atoms with van der Waals surface area (Å²) in [4.78, 5) is 18.5. The minimum Gasteiger partial charge on any atom is -0.338 e. The molecular weight excluding hydrogens is 335 g/mol. The Morgan fingerprint density at radius 3 is 2.67 bits per heavy atom. The minimum atomic E-state index is 0.117. The number of H-pyrrole nitrogens is 2. The Morgan fingerprint density at radius 1 is 1.00 bits per heavy atom. The van der Waals surface area contributed by atoms with Gasteiger partial charge in [0.15, 0.2) is 17.5 Å². The maximum atomic E-state index is 6.09. The molecule has 1 aromatic carbocycles. The van der Waals surface area contributed by atoms with Crippen molar-refractivity contribution in [2.24, 2.45) is 0 Å². The summed E-state index contributed by atoms with van der Waals surface area (Å²) >= 11 is 18.1. The number of benzene rings is 1. The van der Waals surface area contributed by atoms with Crippen molar-refractivity contribution in [2.75, 3.05) is 0 Å². The molecule has 0 atom stereocenters. The van der Waals surface area contributed by atoms with Crippen LogP contribution in [0, 0.1) is 0 Å². The van der Waals surface area contributed by atoms with Crippen molar-refractivity contribution in [3.63, 3.8) is 0 Å². The summed E-state index contributed by atoms with van der Waals surface area (Å²) in [6.07, 6.45) is 3.29. The van der Waals surface area contributed by atoms with Gasteiger partial charge in [0.2, 0.25) is 0 Å². The van der Waals surface area contributed by atoms with E-state index in [-0.39, 0.29) is 5.28 Å². The van der Waals surface area contributed by atoms with Gasteiger partial charge in [0.25, 0.3) is 5.82 Å². The van der Waals surface area contributed by atoms with E-state index in [4.69, 9.17) is 34.8 Å². The fourth-order valence-electron chi connectivity index (χ4n) is 2.20. The van der Waals surface area contributed by atoms with Crippen LogP contribution in [0.3, 0.4) is 0 Å². The van der Waals surface area contributed by atoms with Crippen LogP contribution >= 0.6 is 34.8 Å². The first-order valence-electron chi connectivity index (χ1n) is 5.88. The van der Waals surface area contributed by atoms with Crippen molar-refractivity contribution >= 4 is 57.0 Å². The average Bonchev–Trinajstić information content (AvgIpc) is 3.05. The van der Waals surface area contributed by atoms with Crippen LogP contribution < -0.4 is 4.57 Å². The van der Waals surface area contributed by atoms with Crippen molar-refractivity contribution in [3.8, 4) is 5.82 Å². The summed E-state index contributed by atoms with van der Waals surface area (Å²) in [6, 6.07) is 3.51. The van der Waals surface area contributed by atoms with Crippen LogP contribution in [0.5, 0.6) is 0 Å². The third kappa shape index (κ3) is 1.95. The van der Waals surface area contributed by atoms with Crippen molar-refractivity contribution in [2.45, 2.75) is 0 Å². The highest BCUT2D eigenvalue weighted by Gasteiger charge is 2.20. The van der Waals surface area contributed by atoms with Gasteiger partial charge in [0.1, 0.15) is 11.0 Å². The number of fused-ring (bicyclic) bond motifs is 2. The SMILES string of the molecule is Clc1nc(-[n+]2c[nH]c3cc(Cl)c(Cl)cc32)c2[nH]cnc2n1. The van der Waals surface area contributed by atoms with Gasteiger partial charge in [0.05, 0.1) is 16.4 Å². The first-order chi connectivity index (χ1) is 10.1. The molecule has 4 aromatic rings. The number of halogens is 3. The smallest absolute Gasteiger partial charge is 0.301 e. The Bertz CT molecular complexity index is 989. The van der Waals surface area contributed by atoms with Crippen LogP contribution in [0.1, 0.15) is 0 Å². The third-order valence-corrected chi connectivity index (χ3v) is 4.01. The molecule has 9 heteroatoms. The molecule has 2 N–H and O–H groups in total. The molecule has 21 heavy (non-hydrogen) atoms. The number of hydrogen-bond donors (Lipinski definition) is 2. The van der Waals surface area contributed by atoms with Gasteiger partial charge in [0, 0.05) is 12.1 Å². The Kier molecular flexibility index (Phi) is 2.78. The molecule has 0 aliphatic carbocycles. The number of rotatable bonds is 1. The molecule has 0 amide bonds. The highest BCUT2D eigenvalue weighted by molar-refractivity contribution is 6.42. The number of aromatic amines is 2. The van der Waals surface area contributed by atoms with Gasteiger partial charge in [-0.1, -0.05) is 28.2 Å². The minimum absolute atomic E-state index is 0.117. The van der Waals surface area contributed by atoms with E-state index in [0.29, 0.717) is 27.0 Å². The second-order valence-electron chi connectivity index (χ2n) is 4.34. The Morgan fingerprint density at radius 2 is 1.81 bits per heavy atom. The van der Waals surface area contributed by atoms with Gasteiger partial charge in [-0.05, 0) is 11.6 Å². The highest BCUT2D eigenvalue weighted by atomic mass is 35.5. The third-order valence-electron chi connectivity index (χ3n) is 3.11. The van der Waals surface area contributed by atoms with Crippen LogP contribution in [0.15, 0.2) is 24.8 Å². The van der Waals surface area contributed by atoms with E-state index >= 15 is 0 Å². The second-order valence-corrected chi connectivity index (χ2v) is 5.50. The summed E-state index contributed by atoms with van der Waals surface area (Å²) in [5, 5.41) is 1.05. The van der Waals surface area contributed by atoms with Crippen LogP contribution in [-0.4, -0.2) is 24.9 Å². The Balaban J connectivity index is 2.09. The van der Waals surface area contributed by atoms with Gasteiger partial charge in [-0.3, -0.25) is 4.98 Å². The van der Waals surface area contributed by atoms with E-state index in [2.05, 4.69) is 24.9 Å². The Hall–Kier alpha value is -1.89. The lowest BCUT2D eigenvalue weighted by Crippen LogP contribution is -2.30. The molecule has 0 aliphatic heterocycles. The van der Waals surface area contributed by atoms with Gasteiger partial charge < -0.3 is 4.98 Å². The molecule has 0 saturated carbocycles. The van der Waals surface area contributed by atoms with Crippen LogP contribution in [0.25, 0.3) is 28.0 Å². The molecule has 0 bridgehead atoms. The summed E-state index contributed by atoms with van der Waals surface area (Å²) < 4.78 is 1.81. The number of hydrogen-bond acceptors (Lipinski definition) is 3. The lowest BCUT2D eigenvalue weighted by molar-refractivity contribution is -0.569. The number of imidazole rings is 2. The van der Waals surface area contributed by atoms with E-state index in [9.17, 15) is 0 Å². The van der Waals surface area contributed by atoms with E-state index in [1.54, 1.807) is 24.8 Å². The number of nitrogens with one attached hydrogen (secondary N) is 2. The molecule has 3 heterocycles. The first kappa shape index (κ1) is 12.8. The maximum absolute atomic E-state index is 6.09. The summed E-state index contributed by atoms with van der Waals surface area (Å²) in [5.41, 5.74) is 2.81. The molecule has 0 fully saturated rings. The molecule has 104 valence electrons. The fraction of sp³-hybridized carbons (Fsp3) is 0.